The third-order valence-electron chi connectivity index (χ3n) is 2.95. The summed E-state index contributed by atoms with van der Waals surface area (Å²) in [5, 5.41) is 21.0. The van der Waals surface area contributed by atoms with E-state index in [9.17, 15) is 14.7 Å². The number of nitrogens with one attached hydrogen (secondary N) is 1. The van der Waals surface area contributed by atoms with Crippen LogP contribution in [-0.4, -0.2) is 28.6 Å². The first kappa shape index (κ1) is 15.0. The Hall–Kier alpha value is -2.04. The van der Waals surface area contributed by atoms with E-state index in [1.165, 1.54) is 12.1 Å². The summed E-state index contributed by atoms with van der Waals surface area (Å²) in [6, 6.07) is 4.53. The van der Waals surface area contributed by atoms with Crippen LogP contribution in [0.2, 0.25) is 0 Å². The molecule has 5 heteroatoms. The van der Waals surface area contributed by atoms with Crippen LogP contribution in [0.1, 0.15) is 35.7 Å². The van der Waals surface area contributed by atoms with Gasteiger partial charge in [0.1, 0.15) is 5.75 Å². The van der Waals surface area contributed by atoms with Crippen molar-refractivity contribution in [2.45, 2.75) is 26.7 Å². The van der Waals surface area contributed by atoms with Crippen LogP contribution in [-0.2, 0) is 4.79 Å². The number of aliphatic carboxylic acids is 1. The molecular weight excluding hydrogens is 246 g/mol. The molecule has 3 N–H and O–H groups in total. The summed E-state index contributed by atoms with van der Waals surface area (Å²) in [7, 11) is 0. The molecule has 1 amide bonds. The van der Waals surface area contributed by atoms with Crippen molar-refractivity contribution in [2.75, 3.05) is 6.54 Å². The normalized spacial score (nSPS) is 11.9. The van der Waals surface area contributed by atoms with Gasteiger partial charge in [-0.05, 0) is 37.1 Å². The van der Waals surface area contributed by atoms with E-state index in [1.807, 2.05) is 6.92 Å². The second kappa shape index (κ2) is 6.78. The standard InChI is InChI=1S/C14H19NO4/c1-3-4-11(14(18)19)8-15-13(17)10-5-6-12(16)9(2)7-10/h5-7,11,16H,3-4,8H2,1-2H3,(H,15,17)(H,18,19). The number of aromatic hydroxyl groups is 1. The molecule has 1 unspecified atom stereocenters. The topological polar surface area (TPSA) is 86.6 Å². The fourth-order valence-electron chi connectivity index (χ4n) is 1.78. The monoisotopic (exact) mass is 265 g/mol. The van der Waals surface area contributed by atoms with Crippen LogP contribution in [0, 0.1) is 12.8 Å². The SMILES string of the molecule is CCCC(CNC(=O)c1ccc(O)c(C)c1)C(=O)O. The van der Waals surface area contributed by atoms with E-state index in [-0.39, 0.29) is 18.2 Å². The van der Waals surface area contributed by atoms with Gasteiger partial charge >= 0.3 is 5.97 Å². The van der Waals surface area contributed by atoms with Crippen LogP contribution in [0.25, 0.3) is 0 Å². The third kappa shape index (κ3) is 4.28. The van der Waals surface area contributed by atoms with Gasteiger partial charge in [0.05, 0.1) is 5.92 Å². The Bertz CT molecular complexity index is 471. The number of phenols is 1. The van der Waals surface area contributed by atoms with E-state index in [2.05, 4.69) is 5.32 Å². The first-order chi connectivity index (χ1) is 8.95. The molecule has 0 radical (unpaired) electrons. The van der Waals surface area contributed by atoms with Crippen molar-refractivity contribution in [1.82, 2.24) is 5.32 Å². The molecule has 5 nitrogen and oxygen atoms in total. The number of hydrogen-bond donors (Lipinski definition) is 3. The number of aryl methyl sites for hydroxylation is 1. The third-order valence-corrected chi connectivity index (χ3v) is 2.95. The molecule has 1 aromatic carbocycles. The first-order valence-electron chi connectivity index (χ1n) is 6.26. The summed E-state index contributed by atoms with van der Waals surface area (Å²) in [5.41, 5.74) is 1.02. The Morgan fingerprint density at radius 1 is 1.37 bits per heavy atom. The average molecular weight is 265 g/mol. The van der Waals surface area contributed by atoms with Crippen molar-refractivity contribution >= 4 is 11.9 Å². The van der Waals surface area contributed by atoms with Crippen molar-refractivity contribution in [3.8, 4) is 5.75 Å². The van der Waals surface area contributed by atoms with Crippen molar-refractivity contribution in [1.29, 1.82) is 0 Å². The van der Waals surface area contributed by atoms with E-state index in [1.54, 1.807) is 13.0 Å². The van der Waals surface area contributed by atoms with Crippen LogP contribution in [0.5, 0.6) is 5.75 Å². The Morgan fingerprint density at radius 2 is 2.05 bits per heavy atom. The average Bonchev–Trinajstić information content (AvgIpc) is 2.37. The number of carbonyl (C=O) groups is 2. The van der Waals surface area contributed by atoms with Gasteiger partial charge in [0.15, 0.2) is 0 Å². The highest BCUT2D eigenvalue weighted by Crippen LogP contribution is 2.17. The number of rotatable bonds is 6. The van der Waals surface area contributed by atoms with Crippen molar-refractivity contribution < 1.29 is 19.8 Å². The minimum Gasteiger partial charge on any atom is -0.508 e. The van der Waals surface area contributed by atoms with Gasteiger partial charge in [-0.1, -0.05) is 13.3 Å². The number of phenolic OH excluding ortho intramolecular Hbond substituents is 1. The lowest BCUT2D eigenvalue weighted by Gasteiger charge is -2.12. The maximum atomic E-state index is 11.9. The number of hydrogen-bond acceptors (Lipinski definition) is 3. The fourth-order valence-corrected chi connectivity index (χ4v) is 1.78. The van der Waals surface area contributed by atoms with Gasteiger partial charge < -0.3 is 15.5 Å². The number of carboxylic acid groups (broad SMARTS) is 1. The molecule has 0 saturated heterocycles. The second-order valence-corrected chi connectivity index (χ2v) is 4.54. The summed E-state index contributed by atoms with van der Waals surface area (Å²) in [4.78, 5) is 22.8. The molecule has 0 aliphatic heterocycles. The molecule has 0 heterocycles. The summed E-state index contributed by atoms with van der Waals surface area (Å²) < 4.78 is 0. The summed E-state index contributed by atoms with van der Waals surface area (Å²) >= 11 is 0. The molecule has 0 aromatic heterocycles. The summed E-state index contributed by atoms with van der Waals surface area (Å²) in [6.45, 7) is 3.71. The molecule has 0 spiro atoms. The summed E-state index contributed by atoms with van der Waals surface area (Å²) in [5.74, 6) is -1.66. The van der Waals surface area contributed by atoms with Crippen LogP contribution >= 0.6 is 0 Å². The van der Waals surface area contributed by atoms with Gasteiger partial charge in [-0.25, -0.2) is 0 Å². The van der Waals surface area contributed by atoms with Gasteiger partial charge in [-0.3, -0.25) is 9.59 Å². The van der Waals surface area contributed by atoms with Crippen LogP contribution < -0.4 is 5.32 Å². The van der Waals surface area contributed by atoms with E-state index < -0.39 is 11.9 Å². The van der Waals surface area contributed by atoms with Crippen molar-refractivity contribution in [2.24, 2.45) is 5.92 Å². The molecule has 0 aliphatic rings. The molecule has 19 heavy (non-hydrogen) atoms. The fraction of sp³-hybridized carbons (Fsp3) is 0.429. The highest BCUT2D eigenvalue weighted by atomic mass is 16.4. The van der Waals surface area contributed by atoms with Crippen LogP contribution in [0.4, 0.5) is 0 Å². The lowest BCUT2D eigenvalue weighted by Crippen LogP contribution is -2.32. The maximum absolute atomic E-state index is 11.9. The molecular formula is C14H19NO4. The molecule has 1 aromatic rings. The van der Waals surface area contributed by atoms with Crippen molar-refractivity contribution in [3.63, 3.8) is 0 Å². The zero-order chi connectivity index (χ0) is 14.4. The number of carbonyl (C=O) groups excluding carboxylic acids is 1. The number of amides is 1. The van der Waals surface area contributed by atoms with Gasteiger partial charge in [-0.15, -0.1) is 0 Å². The number of carboxylic acids is 1. The summed E-state index contributed by atoms with van der Waals surface area (Å²) in [6.07, 6.45) is 1.29. The molecule has 0 fully saturated rings. The molecule has 1 rings (SSSR count). The van der Waals surface area contributed by atoms with E-state index in [0.717, 1.165) is 6.42 Å². The minimum atomic E-state index is -0.899. The highest BCUT2D eigenvalue weighted by Gasteiger charge is 2.17. The van der Waals surface area contributed by atoms with Gasteiger partial charge in [0.25, 0.3) is 5.91 Å². The number of benzene rings is 1. The van der Waals surface area contributed by atoms with Gasteiger partial charge in [0.2, 0.25) is 0 Å². The van der Waals surface area contributed by atoms with E-state index in [4.69, 9.17) is 5.11 Å². The maximum Gasteiger partial charge on any atom is 0.308 e. The van der Waals surface area contributed by atoms with E-state index in [0.29, 0.717) is 17.5 Å². The smallest absolute Gasteiger partial charge is 0.308 e. The molecule has 0 saturated carbocycles. The quantitative estimate of drug-likeness (QED) is 0.733. The lowest BCUT2D eigenvalue weighted by atomic mass is 10.0. The molecule has 104 valence electrons. The second-order valence-electron chi connectivity index (χ2n) is 4.54. The van der Waals surface area contributed by atoms with Crippen molar-refractivity contribution in [3.05, 3.63) is 29.3 Å². The molecule has 1 atom stereocenters. The predicted molar refractivity (Wildman–Crippen MR) is 71.2 cm³/mol. The van der Waals surface area contributed by atoms with Gasteiger partial charge in [-0.2, -0.15) is 0 Å². The zero-order valence-corrected chi connectivity index (χ0v) is 11.1. The Balaban J connectivity index is 2.63. The molecule has 0 bridgehead atoms. The molecule has 0 aliphatic carbocycles. The Morgan fingerprint density at radius 3 is 2.58 bits per heavy atom. The predicted octanol–water partition coefficient (Wildman–Crippen LogP) is 1.93. The first-order valence-corrected chi connectivity index (χ1v) is 6.26. The minimum absolute atomic E-state index is 0.113. The highest BCUT2D eigenvalue weighted by molar-refractivity contribution is 5.94. The van der Waals surface area contributed by atoms with Crippen LogP contribution in [0.15, 0.2) is 18.2 Å². The Kier molecular flexibility index (Phi) is 5.36. The van der Waals surface area contributed by atoms with Crippen LogP contribution in [0.3, 0.4) is 0 Å². The Labute approximate surface area is 112 Å². The lowest BCUT2D eigenvalue weighted by molar-refractivity contribution is -0.141. The zero-order valence-electron chi connectivity index (χ0n) is 11.1. The largest absolute Gasteiger partial charge is 0.508 e. The van der Waals surface area contributed by atoms with Gasteiger partial charge in [0, 0.05) is 12.1 Å². The van der Waals surface area contributed by atoms with E-state index >= 15 is 0 Å².